The Bertz CT molecular complexity index is 704. The molecule has 0 saturated carbocycles. The van der Waals surface area contributed by atoms with Crippen LogP contribution in [0.5, 0.6) is 5.75 Å². The molecule has 1 N–H and O–H groups in total. The molecule has 1 amide bonds. The first-order valence-corrected chi connectivity index (χ1v) is 7.08. The second-order valence-electron chi connectivity index (χ2n) is 4.78. The smallest absolute Gasteiger partial charge is 0.344 e. The van der Waals surface area contributed by atoms with Crippen molar-refractivity contribution in [1.29, 1.82) is 0 Å². The van der Waals surface area contributed by atoms with Gasteiger partial charge < -0.3 is 14.8 Å². The van der Waals surface area contributed by atoms with Crippen LogP contribution >= 0.6 is 0 Å². The molecule has 5 nitrogen and oxygen atoms in total. The molecule has 0 atom stereocenters. The average Bonchev–Trinajstić information content (AvgIpc) is 2.58. The number of halogens is 2. The van der Waals surface area contributed by atoms with Gasteiger partial charge in [-0.15, -0.1) is 0 Å². The lowest BCUT2D eigenvalue weighted by Gasteiger charge is -2.08. The van der Waals surface area contributed by atoms with Crippen LogP contribution < -0.4 is 10.1 Å². The molecule has 0 unspecified atom stereocenters. The molecule has 126 valence electrons. The van der Waals surface area contributed by atoms with E-state index in [9.17, 15) is 18.4 Å². The van der Waals surface area contributed by atoms with Crippen LogP contribution in [0.4, 0.5) is 8.78 Å². The van der Waals surface area contributed by atoms with Crippen molar-refractivity contribution < 1.29 is 27.8 Å². The Morgan fingerprint density at radius 3 is 2.38 bits per heavy atom. The molecule has 0 radical (unpaired) electrons. The van der Waals surface area contributed by atoms with E-state index < -0.39 is 30.9 Å². The van der Waals surface area contributed by atoms with E-state index in [2.05, 4.69) is 5.32 Å². The lowest BCUT2D eigenvalue weighted by molar-refractivity contribution is -0.150. The Morgan fingerprint density at radius 1 is 0.958 bits per heavy atom. The molecule has 2 rings (SSSR count). The van der Waals surface area contributed by atoms with E-state index in [1.54, 1.807) is 6.07 Å². The predicted octanol–water partition coefficient (Wildman–Crippen LogP) is 2.20. The molecule has 0 spiro atoms. The quantitative estimate of drug-likeness (QED) is 0.788. The number of hydrogen-bond donors (Lipinski definition) is 1. The fraction of sp³-hybridized carbons (Fsp3) is 0.176. The Labute approximate surface area is 137 Å². The van der Waals surface area contributed by atoms with Gasteiger partial charge in [0, 0.05) is 6.54 Å². The van der Waals surface area contributed by atoms with Crippen LogP contribution in [0.3, 0.4) is 0 Å². The van der Waals surface area contributed by atoms with Crippen molar-refractivity contribution >= 4 is 11.9 Å². The number of para-hydroxylation sites is 1. The van der Waals surface area contributed by atoms with E-state index in [4.69, 9.17) is 9.47 Å². The summed E-state index contributed by atoms with van der Waals surface area (Å²) in [5, 5.41) is 2.52. The van der Waals surface area contributed by atoms with Crippen LogP contribution in [-0.4, -0.2) is 25.1 Å². The van der Waals surface area contributed by atoms with Crippen LogP contribution in [0.1, 0.15) is 5.56 Å². The maximum atomic E-state index is 13.3. The van der Waals surface area contributed by atoms with E-state index in [1.165, 1.54) is 42.5 Å². The van der Waals surface area contributed by atoms with Gasteiger partial charge in [-0.1, -0.05) is 24.3 Å². The first-order valence-electron chi connectivity index (χ1n) is 7.08. The lowest BCUT2D eigenvalue weighted by Crippen LogP contribution is -2.29. The maximum absolute atomic E-state index is 13.3. The van der Waals surface area contributed by atoms with Crippen molar-refractivity contribution in [1.82, 2.24) is 5.32 Å². The zero-order valence-corrected chi connectivity index (χ0v) is 12.6. The Hall–Kier alpha value is -2.96. The fourth-order valence-corrected chi connectivity index (χ4v) is 1.74. The molecule has 0 aliphatic rings. The van der Waals surface area contributed by atoms with Gasteiger partial charge in [0.25, 0.3) is 5.91 Å². The maximum Gasteiger partial charge on any atom is 0.344 e. The number of esters is 1. The van der Waals surface area contributed by atoms with Crippen LogP contribution in [-0.2, 0) is 20.9 Å². The molecule has 7 heteroatoms. The molecule has 0 fully saturated rings. The van der Waals surface area contributed by atoms with Gasteiger partial charge in [-0.25, -0.2) is 13.6 Å². The van der Waals surface area contributed by atoms with E-state index >= 15 is 0 Å². The van der Waals surface area contributed by atoms with Gasteiger partial charge in [0.1, 0.15) is 5.82 Å². The van der Waals surface area contributed by atoms with Crippen molar-refractivity contribution in [3.05, 3.63) is 65.7 Å². The first kappa shape index (κ1) is 17.4. The number of benzene rings is 2. The average molecular weight is 335 g/mol. The second-order valence-corrected chi connectivity index (χ2v) is 4.78. The van der Waals surface area contributed by atoms with Gasteiger partial charge in [-0.3, -0.25) is 4.79 Å². The summed E-state index contributed by atoms with van der Waals surface area (Å²) >= 11 is 0. The first-order chi connectivity index (χ1) is 11.5. The molecule has 2 aromatic carbocycles. The van der Waals surface area contributed by atoms with Crippen molar-refractivity contribution in [2.24, 2.45) is 0 Å². The second kappa shape index (κ2) is 8.61. The summed E-state index contributed by atoms with van der Waals surface area (Å²) in [6.07, 6.45) is 0. The SMILES string of the molecule is O=C(COC(=O)COc1ccccc1F)NCc1ccc(F)cc1. The van der Waals surface area contributed by atoms with E-state index in [-0.39, 0.29) is 18.1 Å². The zero-order chi connectivity index (χ0) is 17.4. The molecular formula is C17H15F2NO4. The van der Waals surface area contributed by atoms with Gasteiger partial charge in [0.05, 0.1) is 0 Å². The number of hydrogen-bond acceptors (Lipinski definition) is 4. The summed E-state index contributed by atoms with van der Waals surface area (Å²) in [5.74, 6) is -2.35. The third kappa shape index (κ3) is 5.68. The summed E-state index contributed by atoms with van der Waals surface area (Å²) in [6.45, 7) is -0.810. The highest BCUT2D eigenvalue weighted by Gasteiger charge is 2.10. The molecule has 0 aliphatic heterocycles. The van der Waals surface area contributed by atoms with Crippen molar-refractivity contribution in [2.45, 2.75) is 6.54 Å². The van der Waals surface area contributed by atoms with E-state index in [0.29, 0.717) is 5.56 Å². The van der Waals surface area contributed by atoms with Crippen LogP contribution in [0.15, 0.2) is 48.5 Å². The van der Waals surface area contributed by atoms with Crippen LogP contribution in [0.2, 0.25) is 0 Å². The minimum Gasteiger partial charge on any atom is -0.479 e. The number of ether oxygens (including phenoxy) is 2. The zero-order valence-electron chi connectivity index (χ0n) is 12.6. The highest BCUT2D eigenvalue weighted by Crippen LogP contribution is 2.15. The van der Waals surface area contributed by atoms with Gasteiger partial charge >= 0.3 is 5.97 Å². The third-order valence-electron chi connectivity index (χ3n) is 2.95. The molecule has 0 aromatic heterocycles. The molecule has 0 aliphatic carbocycles. The Kier molecular flexibility index (Phi) is 6.24. The van der Waals surface area contributed by atoms with Crippen molar-refractivity contribution in [2.75, 3.05) is 13.2 Å². The summed E-state index contributed by atoms with van der Waals surface area (Å²) < 4.78 is 35.7. The molecule has 0 bridgehead atoms. The number of carbonyl (C=O) groups excluding carboxylic acids is 2. The standard InChI is InChI=1S/C17H15F2NO4/c18-13-7-5-12(6-8-13)9-20-16(21)10-24-17(22)11-23-15-4-2-1-3-14(15)19/h1-8H,9-11H2,(H,20,21). The summed E-state index contributed by atoms with van der Waals surface area (Å²) in [6, 6.07) is 11.2. The summed E-state index contributed by atoms with van der Waals surface area (Å²) in [7, 11) is 0. The minimum absolute atomic E-state index is 0.0739. The molecule has 2 aromatic rings. The highest BCUT2D eigenvalue weighted by atomic mass is 19.1. The largest absolute Gasteiger partial charge is 0.479 e. The molecule has 0 saturated heterocycles. The van der Waals surface area contributed by atoms with Crippen LogP contribution in [0, 0.1) is 11.6 Å². The van der Waals surface area contributed by atoms with Gasteiger partial charge in [0.15, 0.2) is 24.8 Å². The topological polar surface area (TPSA) is 64.6 Å². The van der Waals surface area contributed by atoms with Gasteiger partial charge in [-0.2, -0.15) is 0 Å². The monoisotopic (exact) mass is 335 g/mol. The highest BCUT2D eigenvalue weighted by molar-refractivity contribution is 5.80. The van der Waals surface area contributed by atoms with Gasteiger partial charge in [0.2, 0.25) is 0 Å². The number of rotatable bonds is 7. The summed E-state index contributed by atoms with van der Waals surface area (Å²) in [4.78, 5) is 23.0. The Balaban J connectivity index is 1.66. The Morgan fingerprint density at radius 2 is 1.67 bits per heavy atom. The number of nitrogens with one attached hydrogen (secondary N) is 1. The van der Waals surface area contributed by atoms with Crippen molar-refractivity contribution in [3.63, 3.8) is 0 Å². The number of amides is 1. The molecule has 0 heterocycles. The van der Waals surface area contributed by atoms with Gasteiger partial charge in [-0.05, 0) is 29.8 Å². The molecular weight excluding hydrogens is 320 g/mol. The minimum atomic E-state index is -0.796. The summed E-state index contributed by atoms with van der Waals surface area (Å²) in [5.41, 5.74) is 0.707. The lowest BCUT2D eigenvalue weighted by atomic mass is 10.2. The van der Waals surface area contributed by atoms with Crippen LogP contribution in [0.25, 0.3) is 0 Å². The van der Waals surface area contributed by atoms with Crippen molar-refractivity contribution in [3.8, 4) is 5.75 Å². The molecule has 24 heavy (non-hydrogen) atoms. The fourth-order valence-electron chi connectivity index (χ4n) is 1.74. The number of carbonyl (C=O) groups is 2. The van der Waals surface area contributed by atoms with E-state index in [1.807, 2.05) is 0 Å². The normalized spacial score (nSPS) is 10.1. The predicted molar refractivity (Wildman–Crippen MR) is 81.1 cm³/mol. The van der Waals surface area contributed by atoms with E-state index in [0.717, 1.165) is 0 Å². The third-order valence-corrected chi connectivity index (χ3v) is 2.95.